The molecule has 0 fully saturated rings. The molecule has 25 heavy (non-hydrogen) atoms. The van der Waals surface area contributed by atoms with E-state index in [0.29, 0.717) is 5.75 Å². The van der Waals surface area contributed by atoms with Gasteiger partial charge in [0, 0.05) is 12.0 Å². The van der Waals surface area contributed by atoms with Gasteiger partial charge in [-0.05, 0) is 19.9 Å². The fourth-order valence-electron chi connectivity index (χ4n) is 2.53. The van der Waals surface area contributed by atoms with Crippen LogP contribution >= 0.6 is 0 Å². The molecule has 2 heterocycles. The van der Waals surface area contributed by atoms with Gasteiger partial charge in [0.05, 0.1) is 19.1 Å². The average Bonchev–Trinajstić information content (AvgIpc) is 3.17. The number of ether oxygens (including phenoxy) is 2. The zero-order chi connectivity index (χ0) is 17.9. The molecule has 3 rings (SSSR count). The number of aromatic nitrogens is 2. The second-order valence-corrected chi connectivity index (χ2v) is 7.90. The van der Waals surface area contributed by atoms with E-state index in [4.69, 9.17) is 9.47 Å². The van der Waals surface area contributed by atoms with E-state index >= 15 is 0 Å². The number of hydrogen-bond donors (Lipinski definition) is 2. The molecule has 1 aromatic carbocycles. The topological polar surface area (TPSA) is 93.3 Å². The quantitative estimate of drug-likeness (QED) is 0.787. The van der Waals surface area contributed by atoms with Crippen molar-refractivity contribution < 1.29 is 17.9 Å². The lowest BCUT2D eigenvalue weighted by atomic mass is 10.0. The Morgan fingerprint density at radius 3 is 3.00 bits per heavy atom. The van der Waals surface area contributed by atoms with Crippen molar-refractivity contribution in [2.24, 2.45) is 0 Å². The van der Waals surface area contributed by atoms with Gasteiger partial charge in [-0.15, -0.1) is 0 Å². The number of hydrogen-bond acceptors (Lipinski definition) is 5. The molecule has 7 nitrogen and oxygen atoms in total. The third kappa shape index (κ3) is 4.13. The van der Waals surface area contributed by atoms with Crippen molar-refractivity contribution in [1.29, 1.82) is 0 Å². The number of nitrogens with zero attached hydrogens (tertiary/aromatic N) is 1. The van der Waals surface area contributed by atoms with Crippen LogP contribution in [0.2, 0.25) is 0 Å². The van der Waals surface area contributed by atoms with Crippen LogP contribution in [0, 0.1) is 11.8 Å². The lowest BCUT2D eigenvalue weighted by molar-refractivity contribution is 0.133. The van der Waals surface area contributed by atoms with Gasteiger partial charge in [-0.1, -0.05) is 24.0 Å². The van der Waals surface area contributed by atoms with Crippen molar-refractivity contribution in [1.82, 2.24) is 14.7 Å². The number of nitrogens with one attached hydrogen (secondary N) is 2. The minimum Gasteiger partial charge on any atom is -0.483 e. The van der Waals surface area contributed by atoms with E-state index < -0.39 is 10.0 Å². The van der Waals surface area contributed by atoms with Gasteiger partial charge in [-0.3, -0.25) is 0 Å². The predicted octanol–water partition coefficient (Wildman–Crippen LogP) is 1.48. The molecule has 2 aromatic rings. The van der Waals surface area contributed by atoms with Crippen molar-refractivity contribution in [2.45, 2.75) is 30.9 Å². The summed E-state index contributed by atoms with van der Waals surface area (Å²) in [5.74, 6) is 6.91. The first-order chi connectivity index (χ1) is 11.9. The molecule has 132 valence electrons. The molecule has 1 aliphatic rings. The summed E-state index contributed by atoms with van der Waals surface area (Å²) < 4.78 is 37.6. The third-order valence-corrected chi connectivity index (χ3v) is 4.92. The standard InChI is InChI=1S/C17H19N3O4S/c1-17(2)10-13-6-5-7-14(16(13)24-17)23-9-4-3-8-20-25(21,22)15-11-18-12-19-15/h5-7,11-12,20H,8-10H2,1-2H3,(H,18,19). The molecule has 0 radical (unpaired) electrons. The molecule has 0 atom stereocenters. The van der Waals surface area contributed by atoms with Crippen LogP contribution in [0.3, 0.4) is 0 Å². The number of benzene rings is 1. The number of aromatic amines is 1. The highest BCUT2D eigenvalue weighted by molar-refractivity contribution is 7.89. The SMILES string of the molecule is CC1(C)Cc2cccc(OCC#CCNS(=O)(=O)c3cnc[nH]3)c2O1. The molecule has 0 spiro atoms. The van der Waals surface area contributed by atoms with Crippen LogP contribution in [0.5, 0.6) is 11.5 Å². The number of fused-ring (bicyclic) bond motifs is 1. The Kier molecular flexibility index (Phi) is 4.70. The molecule has 8 heteroatoms. The van der Waals surface area contributed by atoms with Gasteiger partial charge in [0.15, 0.2) is 16.5 Å². The van der Waals surface area contributed by atoms with E-state index in [1.54, 1.807) is 0 Å². The molecule has 1 aliphatic heterocycles. The molecular weight excluding hydrogens is 342 g/mol. The summed E-state index contributed by atoms with van der Waals surface area (Å²) in [6.07, 6.45) is 3.37. The molecule has 0 saturated carbocycles. The minimum absolute atomic E-state index is 0.00478. The molecule has 0 aliphatic carbocycles. The Hall–Kier alpha value is -2.50. The van der Waals surface area contributed by atoms with Crippen LogP contribution in [-0.4, -0.2) is 37.1 Å². The molecule has 0 amide bonds. The molecule has 0 unspecified atom stereocenters. The van der Waals surface area contributed by atoms with E-state index in [0.717, 1.165) is 17.7 Å². The smallest absolute Gasteiger partial charge is 0.258 e. The van der Waals surface area contributed by atoms with Crippen LogP contribution in [0.25, 0.3) is 0 Å². The third-order valence-electron chi connectivity index (χ3n) is 3.59. The normalized spacial score (nSPS) is 15.0. The number of rotatable bonds is 5. The Labute approximate surface area is 146 Å². The highest BCUT2D eigenvalue weighted by atomic mass is 32.2. The Balaban J connectivity index is 1.52. The maximum Gasteiger partial charge on any atom is 0.258 e. The van der Waals surface area contributed by atoms with Crippen LogP contribution in [0.1, 0.15) is 19.4 Å². The highest BCUT2D eigenvalue weighted by Crippen LogP contribution is 2.41. The molecule has 0 saturated heterocycles. The first-order valence-electron chi connectivity index (χ1n) is 7.75. The monoisotopic (exact) mass is 361 g/mol. The van der Waals surface area contributed by atoms with Gasteiger partial charge >= 0.3 is 0 Å². The Morgan fingerprint density at radius 1 is 1.40 bits per heavy atom. The van der Waals surface area contributed by atoms with E-state index in [-0.39, 0.29) is 23.8 Å². The largest absolute Gasteiger partial charge is 0.483 e. The maximum atomic E-state index is 11.8. The number of imidazole rings is 1. The van der Waals surface area contributed by atoms with Crippen LogP contribution < -0.4 is 14.2 Å². The Bertz CT molecular complexity index is 909. The van der Waals surface area contributed by atoms with Gasteiger partial charge in [-0.2, -0.15) is 4.72 Å². The number of H-pyrrole nitrogens is 1. The van der Waals surface area contributed by atoms with Crippen LogP contribution in [0.15, 0.2) is 35.7 Å². The van der Waals surface area contributed by atoms with E-state index in [9.17, 15) is 8.42 Å². The summed E-state index contributed by atoms with van der Waals surface area (Å²) in [6, 6.07) is 5.78. The van der Waals surface area contributed by atoms with Gasteiger partial charge < -0.3 is 14.5 Å². The molecule has 0 bridgehead atoms. The predicted molar refractivity (Wildman–Crippen MR) is 91.9 cm³/mol. The van der Waals surface area contributed by atoms with Crippen molar-refractivity contribution in [3.05, 3.63) is 36.3 Å². The minimum atomic E-state index is -3.61. The van der Waals surface area contributed by atoms with Crippen molar-refractivity contribution >= 4 is 10.0 Å². The van der Waals surface area contributed by atoms with Crippen molar-refractivity contribution in [2.75, 3.05) is 13.2 Å². The summed E-state index contributed by atoms with van der Waals surface area (Å²) in [7, 11) is -3.61. The zero-order valence-electron chi connectivity index (χ0n) is 14.0. The fourth-order valence-corrected chi connectivity index (χ4v) is 3.35. The second kappa shape index (κ2) is 6.78. The summed E-state index contributed by atoms with van der Waals surface area (Å²) in [6.45, 7) is 4.19. The Morgan fingerprint density at radius 2 is 2.24 bits per heavy atom. The first-order valence-corrected chi connectivity index (χ1v) is 9.23. The summed E-state index contributed by atoms with van der Waals surface area (Å²) in [4.78, 5) is 6.21. The van der Waals surface area contributed by atoms with Gasteiger partial charge in [-0.25, -0.2) is 13.4 Å². The zero-order valence-corrected chi connectivity index (χ0v) is 14.8. The average molecular weight is 361 g/mol. The molecule has 1 aromatic heterocycles. The van der Waals surface area contributed by atoms with Gasteiger partial charge in [0.25, 0.3) is 10.0 Å². The van der Waals surface area contributed by atoms with Crippen LogP contribution in [0.4, 0.5) is 0 Å². The number of sulfonamides is 1. The summed E-state index contributed by atoms with van der Waals surface area (Å²) in [5.41, 5.74) is 0.876. The maximum absolute atomic E-state index is 11.8. The lowest BCUT2D eigenvalue weighted by Crippen LogP contribution is -2.24. The van der Waals surface area contributed by atoms with Crippen molar-refractivity contribution in [3.8, 4) is 23.3 Å². The summed E-state index contributed by atoms with van der Waals surface area (Å²) in [5, 5.41) is 0.00478. The number of para-hydroxylation sites is 1. The first kappa shape index (κ1) is 17.3. The van der Waals surface area contributed by atoms with E-state index in [1.807, 2.05) is 32.0 Å². The highest BCUT2D eigenvalue weighted by Gasteiger charge is 2.32. The molecular formula is C17H19N3O4S. The van der Waals surface area contributed by atoms with Gasteiger partial charge in [0.1, 0.15) is 12.2 Å². The second-order valence-electron chi connectivity index (χ2n) is 6.17. The fraction of sp³-hybridized carbons (Fsp3) is 0.353. The van der Waals surface area contributed by atoms with Crippen molar-refractivity contribution in [3.63, 3.8) is 0 Å². The van der Waals surface area contributed by atoms with Crippen LogP contribution in [-0.2, 0) is 16.4 Å². The lowest BCUT2D eigenvalue weighted by Gasteiger charge is -2.17. The van der Waals surface area contributed by atoms with E-state index in [2.05, 4.69) is 26.5 Å². The van der Waals surface area contributed by atoms with E-state index in [1.165, 1.54) is 12.5 Å². The molecule has 2 N–H and O–H groups in total. The van der Waals surface area contributed by atoms with Gasteiger partial charge in [0.2, 0.25) is 0 Å². The summed E-state index contributed by atoms with van der Waals surface area (Å²) >= 11 is 0.